The monoisotopic (exact) mass is 339 g/mol. The molecular weight excluding hydrogens is 318 g/mol. The molecule has 6 nitrogen and oxygen atoms in total. The molecule has 0 spiro atoms. The van der Waals surface area contributed by atoms with Crippen LogP contribution in [0.2, 0.25) is 0 Å². The molecule has 1 aliphatic heterocycles. The number of hydrogen-bond donors (Lipinski definition) is 2. The fourth-order valence-electron chi connectivity index (χ4n) is 2.79. The van der Waals surface area contributed by atoms with Gasteiger partial charge in [-0.1, -0.05) is 12.1 Å². The zero-order valence-corrected chi connectivity index (χ0v) is 13.8. The lowest BCUT2D eigenvalue weighted by atomic mass is 10.1. The standard InChI is InChI=1S/C16H21N3O3.ClH/c1-10-16(21)19(13-4-2-3-5-14(13)22-10)9-15(20)18-12(8-17)11-6-7-11;/h2-5,10-12H,6-9,17H2,1H3,(H,18,20);1H. The van der Waals surface area contributed by atoms with Crippen molar-refractivity contribution in [2.24, 2.45) is 11.7 Å². The van der Waals surface area contributed by atoms with Crippen molar-refractivity contribution in [2.45, 2.75) is 31.9 Å². The lowest BCUT2D eigenvalue weighted by molar-refractivity contribution is -0.128. The number of nitrogens with two attached hydrogens (primary N) is 1. The van der Waals surface area contributed by atoms with Crippen molar-refractivity contribution >= 4 is 29.9 Å². The van der Waals surface area contributed by atoms with Crippen LogP contribution < -0.4 is 20.7 Å². The van der Waals surface area contributed by atoms with Gasteiger partial charge in [-0.15, -0.1) is 12.4 Å². The minimum absolute atomic E-state index is 0. The Morgan fingerprint density at radius 2 is 2.13 bits per heavy atom. The maximum absolute atomic E-state index is 12.3. The number of benzene rings is 1. The van der Waals surface area contributed by atoms with E-state index in [1.54, 1.807) is 19.1 Å². The van der Waals surface area contributed by atoms with Gasteiger partial charge in [0.05, 0.1) is 5.69 Å². The van der Waals surface area contributed by atoms with E-state index in [1.807, 2.05) is 12.1 Å². The lowest BCUT2D eigenvalue weighted by Crippen LogP contribution is -2.51. The van der Waals surface area contributed by atoms with Crippen molar-refractivity contribution in [3.8, 4) is 5.75 Å². The summed E-state index contributed by atoms with van der Waals surface area (Å²) in [5, 5.41) is 2.94. The molecule has 0 radical (unpaired) electrons. The average molecular weight is 340 g/mol. The Kier molecular flexibility index (Phi) is 5.49. The molecule has 1 aliphatic carbocycles. The average Bonchev–Trinajstić information content (AvgIpc) is 3.34. The van der Waals surface area contributed by atoms with Crippen molar-refractivity contribution in [1.29, 1.82) is 0 Å². The lowest BCUT2D eigenvalue weighted by Gasteiger charge is -2.32. The summed E-state index contributed by atoms with van der Waals surface area (Å²) < 4.78 is 5.56. The third kappa shape index (κ3) is 3.76. The highest BCUT2D eigenvalue weighted by Gasteiger charge is 2.35. The van der Waals surface area contributed by atoms with Gasteiger partial charge in [0.2, 0.25) is 5.91 Å². The van der Waals surface area contributed by atoms with Crippen molar-refractivity contribution < 1.29 is 14.3 Å². The number of halogens is 1. The van der Waals surface area contributed by atoms with Gasteiger partial charge in [-0.3, -0.25) is 14.5 Å². The van der Waals surface area contributed by atoms with E-state index >= 15 is 0 Å². The molecule has 126 valence electrons. The number of nitrogens with one attached hydrogen (secondary N) is 1. The molecular formula is C16H22ClN3O3. The second-order valence-corrected chi connectivity index (χ2v) is 5.90. The molecule has 1 aromatic rings. The molecule has 1 heterocycles. The van der Waals surface area contributed by atoms with Gasteiger partial charge in [0.1, 0.15) is 12.3 Å². The van der Waals surface area contributed by atoms with Crippen LogP contribution in [-0.4, -0.2) is 37.0 Å². The molecule has 2 unspecified atom stereocenters. The third-order valence-corrected chi connectivity index (χ3v) is 4.17. The highest BCUT2D eigenvalue weighted by Crippen LogP contribution is 2.34. The van der Waals surface area contributed by atoms with E-state index in [0.717, 1.165) is 12.8 Å². The van der Waals surface area contributed by atoms with Crippen molar-refractivity contribution in [3.05, 3.63) is 24.3 Å². The first-order chi connectivity index (χ1) is 10.6. The summed E-state index contributed by atoms with van der Waals surface area (Å²) in [7, 11) is 0. The number of anilines is 1. The first-order valence-electron chi connectivity index (χ1n) is 7.66. The van der Waals surface area contributed by atoms with Crippen LogP contribution in [0.15, 0.2) is 24.3 Å². The summed E-state index contributed by atoms with van der Waals surface area (Å²) in [5.41, 5.74) is 6.34. The molecule has 2 atom stereocenters. The summed E-state index contributed by atoms with van der Waals surface area (Å²) in [6.45, 7) is 2.11. The zero-order chi connectivity index (χ0) is 15.7. The van der Waals surface area contributed by atoms with Crippen molar-refractivity contribution in [2.75, 3.05) is 18.0 Å². The summed E-state index contributed by atoms with van der Waals surface area (Å²) in [4.78, 5) is 26.1. The Morgan fingerprint density at radius 1 is 1.43 bits per heavy atom. The molecule has 7 heteroatoms. The Labute approximate surface area is 141 Å². The molecule has 0 saturated heterocycles. The first kappa shape index (κ1) is 17.6. The Hall–Kier alpha value is -1.79. The quantitative estimate of drug-likeness (QED) is 0.840. The summed E-state index contributed by atoms with van der Waals surface area (Å²) in [5.74, 6) is 0.727. The van der Waals surface area contributed by atoms with Crippen LogP contribution >= 0.6 is 12.4 Å². The fraction of sp³-hybridized carbons (Fsp3) is 0.500. The van der Waals surface area contributed by atoms with Gasteiger partial charge < -0.3 is 15.8 Å². The summed E-state index contributed by atoms with van der Waals surface area (Å²) in [6, 6.07) is 7.26. The number of rotatable bonds is 5. The second-order valence-electron chi connectivity index (χ2n) is 5.90. The molecule has 1 fully saturated rings. The van der Waals surface area contributed by atoms with Crippen molar-refractivity contribution in [3.63, 3.8) is 0 Å². The topological polar surface area (TPSA) is 84.7 Å². The van der Waals surface area contributed by atoms with Crippen LogP contribution in [-0.2, 0) is 9.59 Å². The van der Waals surface area contributed by atoms with Gasteiger partial charge in [0.25, 0.3) is 5.91 Å². The second kappa shape index (κ2) is 7.19. The Morgan fingerprint density at radius 3 is 2.78 bits per heavy atom. The maximum atomic E-state index is 12.3. The molecule has 0 aromatic heterocycles. The van der Waals surface area contributed by atoms with Crippen LogP contribution in [0.1, 0.15) is 19.8 Å². The number of carbonyl (C=O) groups excluding carboxylic acids is 2. The SMILES string of the molecule is CC1Oc2ccccc2N(CC(=O)NC(CN)C2CC2)C1=O.Cl. The van der Waals surface area contributed by atoms with Crippen LogP contribution in [0.3, 0.4) is 0 Å². The normalized spacial score (nSPS) is 20.9. The van der Waals surface area contributed by atoms with Gasteiger partial charge in [-0.2, -0.15) is 0 Å². The molecule has 2 aliphatic rings. The van der Waals surface area contributed by atoms with E-state index in [2.05, 4.69) is 5.32 Å². The number of fused-ring (bicyclic) bond motifs is 1. The molecule has 1 saturated carbocycles. The van der Waals surface area contributed by atoms with E-state index < -0.39 is 6.10 Å². The van der Waals surface area contributed by atoms with Gasteiger partial charge in [-0.05, 0) is 37.8 Å². The minimum Gasteiger partial charge on any atom is -0.479 e. The summed E-state index contributed by atoms with van der Waals surface area (Å²) >= 11 is 0. The number of para-hydroxylation sites is 2. The van der Waals surface area contributed by atoms with Gasteiger partial charge in [-0.25, -0.2) is 0 Å². The highest BCUT2D eigenvalue weighted by molar-refractivity contribution is 6.03. The highest BCUT2D eigenvalue weighted by atomic mass is 35.5. The molecule has 3 N–H and O–H groups in total. The van der Waals surface area contributed by atoms with Crippen LogP contribution in [0.5, 0.6) is 5.75 Å². The maximum Gasteiger partial charge on any atom is 0.268 e. The predicted molar refractivity (Wildman–Crippen MR) is 89.8 cm³/mol. The van der Waals surface area contributed by atoms with E-state index in [-0.39, 0.29) is 36.8 Å². The summed E-state index contributed by atoms with van der Waals surface area (Å²) in [6.07, 6.45) is 1.63. The van der Waals surface area contributed by atoms with Crippen LogP contribution in [0.25, 0.3) is 0 Å². The zero-order valence-electron chi connectivity index (χ0n) is 13.0. The van der Waals surface area contributed by atoms with Gasteiger partial charge in [0.15, 0.2) is 6.10 Å². The van der Waals surface area contributed by atoms with Crippen molar-refractivity contribution in [1.82, 2.24) is 5.32 Å². The molecule has 2 amide bonds. The number of amides is 2. The van der Waals surface area contributed by atoms with E-state index in [9.17, 15) is 9.59 Å². The van der Waals surface area contributed by atoms with Gasteiger partial charge >= 0.3 is 0 Å². The smallest absolute Gasteiger partial charge is 0.268 e. The fourth-order valence-corrected chi connectivity index (χ4v) is 2.79. The van der Waals surface area contributed by atoms with Gasteiger partial charge in [0, 0.05) is 12.6 Å². The number of ether oxygens (including phenoxy) is 1. The number of carbonyl (C=O) groups is 2. The first-order valence-corrected chi connectivity index (χ1v) is 7.66. The van der Waals surface area contributed by atoms with Crippen LogP contribution in [0, 0.1) is 5.92 Å². The molecule has 3 rings (SSSR count). The number of nitrogens with zero attached hydrogens (tertiary/aromatic N) is 1. The third-order valence-electron chi connectivity index (χ3n) is 4.17. The largest absolute Gasteiger partial charge is 0.479 e. The molecule has 0 bridgehead atoms. The molecule has 1 aromatic carbocycles. The predicted octanol–water partition coefficient (Wildman–Crippen LogP) is 1.08. The molecule has 23 heavy (non-hydrogen) atoms. The number of hydrogen-bond acceptors (Lipinski definition) is 4. The minimum atomic E-state index is -0.587. The van der Waals surface area contributed by atoms with E-state index in [1.165, 1.54) is 4.90 Å². The van der Waals surface area contributed by atoms with E-state index in [4.69, 9.17) is 10.5 Å². The Bertz CT molecular complexity index is 592. The Balaban J connectivity index is 0.00000192. The van der Waals surface area contributed by atoms with Crippen LogP contribution in [0.4, 0.5) is 5.69 Å². The van der Waals surface area contributed by atoms with E-state index in [0.29, 0.717) is 23.9 Å².